The van der Waals surface area contributed by atoms with Crippen LogP contribution in [0.2, 0.25) is 0 Å². The van der Waals surface area contributed by atoms with Crippen molar-refractivity contribution in [3.63, 3.8) is 0 Å². The van der Waals surface area contributed by atoms with E-state index in [1.54, 1.807) is 12.3 Å². The number of rotatable bonds is 6. The van der Waals surface area contributed by atoms with Gasteiger partial charge < -0.3 is 21.5 Å². The number of hydrogen-bond acceptors (Lipinski definition) is 7. The average Bonchev–Trinajstić information content (AvgIpc) is 2.63. The molecule has 8 heteroatoms. The van der Waals surface area contributed by atoms with E-state index in [1.807, 2.05) is 19.9 Å². The highest BCUT2D eigenvalue weighted by Gasteiger charge is 2.22. The van der Waals surface area contributed by atoms with Gasteiger partial charge in [0, 0.05) is 23.6 Å². The highest BCUT2D eigenvalue weighted by Crippen LogP contribution is 2.26. The fourth-order valence-electron chi connectivity index (χ4n) is 3.26. The van der Waals surface area contributed by atoms with Crippen molar-refractivity contribution < 1.29 is 9.90 Å². The van der Waals surface area contributed by atoms with Gasteiger partial charge in [-0.2, -0.15) is 0 Å². The van der Waals surface area contributed by atoms with E-state index in [0.717, 1.165) is 37.1 Å². The quantitative estimate of drug-likeness (QED) is 0.614. The molecule has 1 aliphatic carbocycles. The van der Waals surface area contributed by atoms with E-state index >= 15 is 0 Å². The van der Waals surface area contributed by atoms with Crippen molar-refractivity contribution in [2.45, 2.75) is 58.1 Å². The smallest absolute Gasteiger partial charge is 0.271 e. The summed E-state index contributed by atoms with van der Waals surface area (Å²) in [5.74, 6) is 0.346. The summed E-state index contributed by atoms with van der Waals surface area (Å²) in [6, 6.07) is 3.88. The number of nitrogens with zero attached hydrogens (tertiary/aromatic N) is 3. The Balaban J connectivity index is 1.91. The molecule has 1 amide bonds. The molecule has 2 aromatic rings. The van der Waals surface area contributed by atoms with Crippen LogP contribution in [0.5, 0.6) is 0 Å². The van der Waals surface area contributed by atoms with Gasteiger partial charge in [-0.3, -0.25) is 9.78 Å². The maximum atomic E-state index is 11.9. The molecule has 1 saturated carbocycles. The third-order valence-electron chi connectivity index (χ3n) is 4.73. The first-order chi connectivity index (χ1) is 13.0. The molecular formula is C19H26N6O2. The van der Waals surface area contributed by atoms with E-state index in [1.165, 1.54) is 0 Å². The number of carbonyl (C=O) groups is 1. The molecular weight excluding hydrogens is 344 g/mol. The zero-order chi connectivity index (χ0) is 19.4. The van der Waals surface area contributed by atoms with Crippen LogP contribution in [-0.4, -0.2) is 38.1 Å². The Morgan fingerprint density at radius 2 is 2.00 bits per heavy atom. The van der Waals surface area contributed by atoms with Gasteiger partial charge in [0.1, 0.15) is 5.82 Å². The lowest BCUT2D eigenvalue weighted by Gasteiger charge is -2.27. The normalized spacial score (nSPS) is 19.5. The summed E-state index contributed by atoms with van der Waals surface area (Å²) >= 11 is 0. The topological polar surface area (TPSA) is 126 Å². The zero-order valence-corrected chi connectivity index (χ0v) is 15.7. The number of anilines is 3. The van der Waals surface area contributed by atoms with Crippen LogP contribution >= 0.6 is 0 Å². The lowest BCUT2D eigenvalue weighted by Crippen LogP contribution is -2.29. The van der Waals surface area contributed by atoms with Crippen LogP contribution in [-0.2, 0) is 6.42 Å². The van der Waals surface area contributed by atoms with Crippen molar-refractivity contribution in [1.82, 2.24) is 15.0 Å². The molecule has 0 aromatic carbocycles. The van der Waals surface area contributed by atoms with Crippen LogP contribution in [0.1, 0.15) is 54.5 Å². The monoisotopic (exact) mass is 370 g/mol. The molecule has 0 saturated heterocycles. The number of aromatic nitrogens is 3. The van der Waals surface area contributed by atoms with Crippen LogP contribution in [0.25, 0.3) is 0 Å². The first kappa shape index (κ1) is 19.0. The third-order valence-corrected chi connectivity index (χ3v) is 4.73. The van der Waals surface area contributed by atoms with Crippen molar-refractivity contribution >= 4 is 23.2 Å². The SMILES string of the molecule is CCc1nc(C(N)=O)c(Nc2ccnc(C)c2)nc1NC1CCC(O)CC1. The van der Waals surface area contributed by atoms with Gasteiger partial charge in [-0.1, -0.05) is 6.92 Å². The fourth-order valence-corrected chi connectivity index (χ4v) is 3.26. The van der Waals surface area contributed by atoms with Gasteiger partial charge in [-0.05, 0) is 51.2 Å². The van der Waals surface area contributed by atoms with Gasteiger partial charge in [0.05, 0.1) is 11.8 Å². The fraction of sp³-hybridized carbons (Fsp3) is 0.474. The molecule has 0 unspecified atom stereocenters. The Labute approximate surface area is 158 Å². The van der Waals surface area contributed by atoms with E-state index in [9.17, 15) is 9.90 Å². The number of nitrogens with two attached hydrogens (primary N) is 1. The van der Waals surface area contributed by atoms with Gasteiger partial charge in [0.25, 0.3) is 5.91 Å². The predicted octanol–water partition coefficient (Wildman–Crippen LogP) is 2.30. The molecule has 8 nitrogen and oxygen atoms in total. The standard InChI is InChI=1S/C19H26N6O2/c1-3-15-18(22-12-4-6-14(26)7-5-12)25-19(16(24-15)17(20)27)23-13-8-9-21-11(2)10-13/h8-10,12,14,26H,3-7H2,1-2H3,(H2,20,27)(H2,21,22,23,25). The molecule has 0 bridgehead atoms. The first-order valence-electron chi connectivity index (χ1n) is 9.31. The molecule has 0 radical (unpaired) electrons. The first-order valence-corrected chi connectivity index (χ1v) is 9.31. The van der Waals surface area contributed by atoms with Gasteiger partial charge in [-0.25, -0.2) is 9.97 Å². The Morgan fingerprint density at radius 3 is 2.63 bits per heavy atom. The van der Waals surface area contributed by atoms with Crippen molar-refractivity contribution in [3.8, 4) is 0 Å². The Bertz CT molecular complexity index is 818. The molecule has 1 aliphatic rings. The second-order valence-corrected chi connectivity index (χ2v) is 6.89. The molecule has 0 aliphatic heterocycles. The maximum absolute atomic E-state index is 11.9. The number of pyridine rings is 1. The summed E-state index contributed by atoms with van der Waals surface area (Å²) < 4.78 is 0. The predicted molar refractivity (Wildman–Crippen MR) is 104 cm³/mol. The van der Waals surface area contributed by atoms with E-state index < -0.39 is 5.91 Å². The Kier molecular flexibility index (Phi) is 5.85. The Morgan fingerprint density at radius 1 is 1.26 bits per heavy atom. The van der Waals surface area contributed by atoms with E-state index in [-0.39, 0.29) is 17.8 Å². The molecule has 1 fully saturated rings. The van der Waals surface area contributed by atoms with Crippen molar-refractivity contribution in [3.05, 3.63) is 35.4 Å². The summed E-state index contributed by atoms with van der Waals surface area (Å²) in [4.78, 5) is 25.2. The molecule has 5 N–H and O–H groups in total. The van der Waals surface area contributed by atoms with Crippen molar-refractivity contribution in [1.29, 1.82) is 0 Å². The molecule has 144 valence electrons. The van der Waals surface area contributed by atoms with Crippen LogP contribution in [0, 0.1) is 6.92 Å². The van der Waals surface area contributed by atoms with Gasteiger partial charge >= 0.3 is 0 Å². The van der Waals surface area contributed by atoms with Crippen LogP contribution in [0.15, 0.2) is 18.3 Å². The number of primary amides is 1. The summed E-state index contributed by atoms with van der Waals surface area (Å²) in [6.45, 7) is 3.85. The number of amides is 1. The molecule has 2 heterocycles. The highest BCUT2D eigenvalue weighted by molar-refractivity contribution is 5.96. The van der Waals surface area contributed by atoms with Crippen LogP contribution in [0.3, 0.4) is 0 Å². The minimum absolute atomic E-state index is 0.117. The molecule has 2 aromatic heterocycles. The zero-order valence-electron chi connectivity index (χ0n) is 15.7. The molecule has 0 spiro atoms. The maximum Gasteiger partial charge on any atom is 0.271 e. The largest absolute Gasteiger partial charge is 0.393 e. The van der Waals surface area contributed by atoms with Crippen molar-refractivity contribution in [2.75, 3.05) is 10.6 Å². The van der Waals surface area contributed by atoms with E-state index in [4.69, 9.17) is 5.73 Å². The highest BCUT2D eigenvalue weighted by atomic mass is 16.3. The van der Waals surface area contributed by atoms with Crippen LogP contribution < -0.4 is 16.4 Å². The number of aliphatic hydroxyl groups excluding tert-OH is 1. The molecule has 3 rings (SSSR count). The van der Waals surface area contributed by atoms with Gasteiger partial charge in [-0.15, -0.1) is 0 Å². The van der Waals surface area contributed by atoms with Crippen molar-refractivity contribution in [2.24, 2.45) is 5.73 Å². The second kappa shape index (κ2) is 8.30. The third kappa shape index (κ3) is 4.71. The minimum atomic E-state index is -0.627. The number of carbonyl (C=O) groups excluding carboxylic acids is 1. The number of aliphatic hydroxyl groups is 1. The summed E-state index contributed by atoms with van der Waals surface area (Å²) in [5, 5.41) is 16.3. The lowest BCUT2D eigenvalue weighted by atomic mass is 9.93. The number of nitrogens with one attached hydrogen (secondary N) is 2. The molecule has 27 heavy (non-hydrogen) atoms. The summed E-state index contributed by atoms with van der Waals surface area (Å²) in [5.41, 5.74) is 7.95. The molecule has 0 atom stereocenters. The summed E-state index contributed by atoms with van der Waals surface area (Å²) in [6.07, 6.45) is 5.37. The Hall–Kier alpha value is -2.74. The van der Waals surface area contributed by atoms with Crippen LogP contribution in [0.4, 0.5) is 17.3 Å². The number of hydrogen-bond donors (Lipinski definition) is 4. The minimum Gasteiger partial charge on any atom is -0.393 e. The number of aryl methyl sites for hydroxylation is 2. The van der Waals surface area contributed by atoms with E-state index in [0.29, 0.717) is 23.8 Å². The van der Waals surface area contributed by atoms with Gasteiger partial charge in [0.2, 0.25) is 0 Å². The average molecular weight is 370 g/mol. The summed E-state index contributed by atoms with van der Waals surface area (Å²) in [7, 11) is 0. The second-order valence-electron chi connectivity index (χ2n) is 6.89. The van der Waals surface area contributed by atoms with Gasteiger partial charge in [0.15, 0.2) is 11.5 Å². The lowest BCUT2D eigenvalue weighted by molar-refractivity contribution is 0.0996. The van der Waals surface area contributed by atoms with E-state index in [2.05, 4.69) is 25.6 Å².